The van der Waals surface area contributed by atoms with Gasteiger partial charge >= 0.3 is 0 Å². The van der Waals surface area contributed by atoms with Crippen molar-refractivity contribution in [3.05, 3.63) is 23.4 Å². The molecule has 1 heterocycles. The van der Waals surface area contributed by atoms with E-state index in [4.69, 9.17) is 4.74 Å². The van der Waals surface area contributed by atoms with Crippen molar-refractivity contribution in [1.82, 2.24) is 10.3 Å². The number of nitrogens with one attached hydrogen (secondary N) is 1. The molecule has 2 atom stereocenters. The lowest BCUT2D eigenvalue weighted by atomic mass is 9.89. The Balaban J connectivity index is 1.99. The molecule has 1 aliphatic carbocycles. The first-order chi connectivity index (χ1) is 8.69. The predicted molar refractivity (Wildman–Crippen MR) is 73.8 cm³/mol. The van der Waals surface area contributed by atoms with Crippen molar-refractivity contribution in [2.24, 2.45) is 5.92 Å². The van der Waals surface area contributed by atoms with Crippen LogP contribution in [-0.4, -0.2) is 18.1 Å². The van der Waals surface area contributed by atoms with Crippen LogP contribution in [0.15, 0.2) is 12.1 Å². The quantitative estimate of drug-likeness (QED) is 0.889. The fourth-order valence-corrected chi connectivity index (χ4v) is 2.67. The molecule has 1 aliphatic rings. The Hall–Kier alpha value is -1.09. The lowest BCUT2D eigenvalue weighted by Gasteiger charge is -2.27. The van der Waals surface area contributed by atoms with Crippen molar-refractivity contribution in [3.8, 4) is 5.88 Å². The maximum atomic E-state index is 6.01. The maximum Gasteiger partial charge on any atom is 0.213 e. The molecule has 2 rings (SSSR count). The number of nitrogens with zero attached hydrogens (tertiary/aromatic N) is 1. The first-order valence-electron chi connectivity index (χ1n) is 6.97. The van der Waals surface area contributed by atoms with E-state index in [-0.39, 0.29) is 0 Å². The summed E-state index contributed by atoms with van der Waals surface area (Å²) in [5, 5.41) is 3.15. The number of aromatic nitrogens is 1. The van der Waals surface area contributed by atoms with Gasteiger partial charge in [0.25, 0.3) is 0 Å². The van der Waals surface area contributed by atoms with Gasteiger partial charge in [-0.2, -0.15) is 0 Å². The molecule has 1 aromatic rings. The first kappa shape index (κ1) is 13.3. The molecule has 1 N–H and O–H groups in total. The second kappa shape index (κ2) is 6.19. The second-order valence-corrected chi connectivity index (χ2v) is 5.44. The molecule has 1 fully saturated rings. The standard InChI is InChI=1S/C15H24N2O/c1-11-5-4-6-14(9-11)18-15-8-7-13(10-16-3)12(2)17-15/h7-8,11,14,16H,4-6,9-10H2,1-3H3. The lowest BCUT2D eigenvalue weighted by Crippen LogP contribution is -2.24. The molecule has 18 heavy (non-hydrogen) atoms. The summed E-state index contributed by atoms with van der Waals surface area (Å²) in [6.07, 6.45) is 5.31. The van der Waals surface area contributed by atoms with Gasteiger partial charge in [0.15, 0.2) is 0 Å². The van der Waals surface area contributed by atoms with E-state index in [9.17, 15) is 0 Å². The van der Waals surface area contributed by atoms with Crippen LogP contribution in [0.4, 0.5) is 0 Å². The number of hydrogen-bond acceptors (Lipinski definition) is 3. The molecular weight excluding hydrogens is 224 g/mol. The van der Waals surface area contributed by atoms with Crippen LogP contribution < -0.4 is 10.1 Å². The van der Waals surface area contributed by atoms with Gasteiger partial charge in [-0.15, -0.1) is 0 Å². The van der Waals surface area contributed by atoms with Crippen LogP contribution >= 0.6 is 0 Å². The van der Waals surface area contributed by atoms with Crippen molar-refractivity contribution in [2.45, 2.75) is 52.2 Å². The van der Waals surface area contributed by atoms with Gasteiger partial charge in [0.05, 0.1) is 0 Å². The van der Waals surface area contributed by atoms with Gasteiger partial charge in [-0.25, -0.2) is 4.98 Å². The third-order valence-electron chi connectivity index (χ3n) is 3.71. The molecule has 0 aromatic carbocycles. The zero-order valence-corrected chi connectivity index (χ0v) is 11.7. The van der Waals surface area contributed by atoms with E-state index in [1.165, 1.54) is 31.2 Å². The van der Waals surface area contributed by atoms with E-state index in [1.807, 2.05) is 20.0 Å². The predicted octanol–water partition coefficient (Wildman–Crippen LogP) is 3.07. The molecule has 100 valence electrons. The average molecular weight is 248 g/mol. The topological polar surface area (TPSA) is 34.1 Å². The molecule has 2 unspecified atom stereocenters. The molecule has 3 nitrogen and oxygen atoms in total. The SMILES string of the molecule is CNCc1ccc(OC2CCCC(C)C2)nc1C. The summed E-state index contributed by atoms with van der Waals surface area (Å²) in [6.45, 7) is 5.22. The van der Waals surface area contributed by atoms with Gasteiger partial charge in [0.1, 0.15) is 6.10 Å². The molecule has 0 radical (unpaired) electrons. The minimum absolute atomic E-state index is 0.357. The zero-order chi connectivity index (χ0) is 13.0. The Kier molecular flexibility index (Phi) is 4.59. The summed E-state index contributed by atoms with van der Waals surface area (Å²) in [5.74, 6) is 1.57. The maximum absolute atomic E-state index is 6.01. The monoisotopic (exact) mass is 248 g/mol. The van der Waals surface area contributed by atoms with E-state index in [1.54, 1.807) is 0 Å². The fraction of sp³-hybridized carbons (Fsp3) is 0.667. The summed E-state index contributed by atoms with van der Waals surface area (Å²) < 4.78 is 6.01. The van der Waals surface area contributed by atoms with Crippen LogP contribution in [0.2, 0.25) is 0 Å². The Morgan fingerprint density at radius 3 is 2.89 bits per heavy atom. The highest BCUT2D eigenvalue weighted by Crippen LogP contribution is 2.27. The van der Waals surface area contributed by atoms with Crippen molar-refractivity contribution >= 4 is 0 Å². The summed E-state index contributed by atoms with van der Waals surface area (Å²) in [5.41, 5.74) is 2.30. The third-order valence-corrected chi connectivity index (χ3v) is 3.71. The van der Waals surface area contributed by atoms with Crippen molar-refractivity contribution in [3.63, 3.8) is 0 Å². The van der Waals surface area contributed by atoms with E-state index in [0.29, 0.717) is 6.10 Å². The van der Waals surface area contributed by atoms with Gasteiger partial charge in [-0.1, -0.05) is 19.4 Å². The number of aryl methyl sites for hydroxylation is 1. The van der Waals surface area contributed by atoms with Gasteiger partial charge in [-0.05, 0) is 44.7 Å². The molecule has 1 aromatic heterocycles. The molecule has 0 amide bonds. The highest BCUT2D eigenvalue weighted by atomic mass is 16.5. The highest BCUT2D eigenvalue weighted by molar-refractivity contribution is 5.25. The van der Waals surface area contributed by atoms with Crippen LogP contribution in [0.3, 0.4) is 0 Å². The highest BCUT2D eigenvalue weighted by Gasteiger charge is 2.20. The summed E-state index contributed by atoms with van der Waals surface area (Å²) in [7, 11) is 1.95. The average Bonchev–Trinajstić information content (AvgIpc) is 2.33. The van der Waals surface area contributed by atoms with Gasteiger partial charge in [-0.3, -0.25) is 0 Å². The van der Waals surface area contributed by atoms with Crippen molar-refractivity contribution in [2.75, 3.05) is 7.05 Å². The number of pyridine rings is 1. The van der Waals surface area contributed by atoms with Crippen LogP contribution in [0.25, 0.3) is 0 Å². The Labute approximate surface area is 110 Å². The largest absolute Gasteiger partial charge is 0.474 e. The molecular formula is C15H24N2O. The summed E-state index contributed by atoms with van der Waals surface area (Å²) in [6, 6.07) is 4.11. The summed E-state index contributed by atoms with van der Waals surface area (Å²) in [4.78, 5) is 4.55. The Bertz CT molecular complexity index is 392. The molecule has 0 aliphatic heterocycles. The molecule has 1 saturated carbocycles. The van der Waals surface area contributed by atoms with Crippen molar-refractivity contribution in [1.29, 1.82) is 0 Å². The van der Waals surface area contributed by atoms with Crippen LogP contribution in [0.5, 0.6) is 5.88 Å². The normalized spacial score (nSPS) is 23.9. The number of ether oxygens (including phenoxy) is 1. The second-order valence-electron chi connectivity index (χ2n) is 5.44. The smallest absolute Gasteiger partial charge is 0.213 e. The van der Waals surface area contributed by atoms with E-state index in [2.05, 4.69) is 23.3 Å². The van der Waals surface area contributed by atoms with E-state index < -0.39 is 0 Å². The molecule has 3 heteroatoms. The van der Waals surface area contributed by atoms with Crippen LogP contribution in [0.1, 0.15) is 43.9 Å². The zero-order valence-electron chi connectivity index (χ0n) is 11.7. The van der Waals surface area contributed by atoms with Crippen molar-refractivity contribution < 1.29 is 4.74 Å². The minimum atomic E-state index is 0.357. The minimum Gasteiger partial charge on any atom is -0.474 e. The number of rotatable bonds is 4. The lowest BCUT2D eigenvalue weighted by molar-refractivity contribution is 0.123. The molecule has 0 spiro atoms. The summed E-state index contributed by atoms with van der Waals surface area (Å²) >= 11 is 0. The fourth-order valence-electron chi connectivity index (χ4n) is 2.67. The third kappa shape index (κ3) is 3.45. The van der Waals surface area contributed by atoms with Crippen LogP contribution in [0, 0.1) is 12.8 Å². The molecule has 0 saturated heterocycles. The van der Waals surface area contributed by atoms with Crippen LogP contribution in [-0.2, 0) is 6.54 Å². The first-order valence-corrected chi connectivity index (χ1v) is 6.97. The molecule has 0 bridgehead atoms. The van der Waals surface area contributed by atoms with Gasteiger partial charge in [0, 0.05) is 18.3 Å². The Morgan fingerprint density at radius 2 is 2.22 bits per heavy atom. The van der Waals surface area contributed by atoms with E-state index >= 15 is 0 Å². The Morgan fingerprint density at radius 1 is 1.39 bits per heavy atom. The van der Waals surface area contributed by atoms with Gasteiger partial charge in [0.2, 0.25) is 5.88 Å². The van der Waals surface area contributed by atoms with E-state index in [0.717, 1.165) is 24.0 Å². The number of hydrogen-bond donors (Lipinski definition) is 1. The van der Waals surface area contributed by atoms with Gasteiger partial charge < -0.3 is 10.1 Å².